The van der Waals surface area contributed by atoms with E-state index >= 15 is 0 Å². The number of aromatic nitrogens is 3. The van der Waals surface area contributed by atoms with Gasteiger partial charge in [-0.25, -0.2) is 14.3 Å². The first-order valence-corrected chi connectivity index (χ1v) is 9.86. The number of hydrogen-bond acceptors (Lipinski definition) is 7. The van der Waals surface area contributed by atoms with Crippen LogP contribution in [0.5, 0.6) is 5.75 Å². The van der Waals surface area contributed by atoms with Gasteiger partial charge in [-0.05, 0) is 37.6 Å². The number of imidazole rings is 1. The van der Waals surface area contributed by atoms with E-state index < -0.39 is 5.97 Å². The highest BCUT2D eigenvalue weighted by molar-refractivity contribution is 6.31. The molecule has 0 unspecified atom stereocenters. The number of nitrogens with one attached hydrogen (secondary N) is 1. The number of rotatable bonds is 9. The largest absolute Gasteiger partial charge is 0.501 e. The molecule has 0 amide bonds. The maximum absolute atomic E-state index is 12.2. The smallest absolute Gasteiger partial charge is 0.358 e. The summed E-state index contributed by atoms with van der Waals surface area (Å²) in [7, 11) is 1.62. The highest BCUT2D eigenvalue weighted by atomic mass is 35.5. The topological polar surface area (TPSA) is 87.0 Å². The Kier molecular flexibility index (Phi) is 7.13. The second kappa shape index (κ2) is 9.98. The number of carbonyl (C=O) groups excluding carboxylic acids is 1. The predicted octanol–water partition coefficient (Wildman–Crippen LogP) is 4.19. The van der Waals surface area contributed by atoms with E-state index in [4.69, 9.17) is 25.8 Å². The second-order valence-electron chi connectivity index (χ2n) is 6.14. The predicted molar refractivity (Wildman–Crippen MR) is 115 cm³/mol. The van der Waals surface area contributed by atoms with Crippen LogP contribution < -0.4 is 10.1 Å². The zero-order chi connectivity index (χ0) is 21.5. The van der Waals surface area contributed by atoms with Crippen molar-refractivity contribution in [2.75, 3.05) is 25.6 Å². The van der Waals surface area contributed by atoms with E-state index in [0.717, 1.165) is 11.3 Å². The monoisotopic (exact) mass is 430 g/mol. The van der Waals surface area contributed by atoms with E-state index in [1.807, 2.05) is 31.2 Å². The lowest BCUT2D eigenvalue weighted by Gasteiger charge is -2.13. The van der Waals surface area contributed by atoms with Crippen LogP contribution in [0.4, 0.5) is 5.69 Å². The van der Waals surface area contributed by atoms with E-state index in [1.54, 1.807) is 26.4 Å². The molecule has 2 aromatic heterocycles. The van der Waals surface area contributed by atoms with Crippen molar-refractivity contribution in [1.29, 1.82) is 0 Å². The number of methoxy groups -OCH3 is 1. The Balaban J connectivity index is 2.02. The van der Waals surface area contributed by atoms with Gasteiger partial charge in [0, 0.05) is 12.1 Å². The maximum Gasteiger partial charge on any atom is 0.358 e. The number of halogens is 1. The van der Waals surface area contributed by atoms with E-state index in [2.05, 4.69) is 15.4 Å². The molecule has 0 radical (unpaired) electrons. The van der Waals surface area contributed by atoms with Crippen LogP contribution in [-0.4, -0.2) is 40.9 Å². The molecule has 0 bridgehead atoms. The Morgan fingerprint density at radius 1 is 1.23 bits per heavy atom. The van der Waals surface area contributed by atoms with Crippen molar-refractivity contribution < 1.29 is 19.0 Å². The molecule has 0 aliphatic carbocycles. The summed E-state index contributed by atoms with van der Waals surface area (Å²) in [4.78, 5) is 16.6. The van der Waals surface area contributed by atoms with Gasteiger partial charge in [-0.15, -0.1) is 0 Å². The van der Waals surface area contributed by atoms with E-state index in [0.29, 0.717) is 30.0 Å². The summed E-state index contributed by atoms with van der Waals surface area (Å²) < 4.78 is 17.0. The van der Waals surface area contributed by atoms with Crippen molar-refractivity contribution in [3.8, 4) is 5.75 Å². The van der Waals surface area contributed by atoms with Crippen LogP contribution in [-0.2, 0) is 16.0 Å². The van der Waals surface area contributed by atoms with Gasteiger partial charge in [0.05, 0.1) is 38.5 Å². The van der Waals surface area contributed by atoms with E-state index in [-0.39, 0.29) is 17.5 Å². The van der Waals surface area contributed by atoms with E-state index in [9.17, 15) is 4.79 Å². The third kappa shape index (κ3) is 4.65. The molecule has 158 valence electrons. The molecule has 0 atom stereocenters. The molecular weight excluding hydrogens is 408 g/mol. The molecule has 0 fully saturated rings. The van der Waals surface area contributed by atoms with Gasteiger partial charge in [-0.3, -0.25) is 0 Å². The normalized spacial score (nSPS) is 11.1. The molecule has 3 aromatic rings. The summed E-state index contributed by atoms with van der Waals surface area (Å²) in [5.41, 5.74) is 2.90. The summed E-state index contributed by atoms with van der Waals surface area (Å²) in [6, 6.07) is 7.68. The highest BCUT2D eigenvalue weighted by Gasteiger charge is 2.20. The minimum atomic E-state index is -0.521. The molecule has 9 heteroatoms. The average molecular weight is 431 g/mol. The highest BCUT2D eigenvalue weighted by Crippen LogP contribution is 2.29. The molecule has 8 nitrogen and oxygen atoms in total. The minimum Gasteiger partial charge on any atom is -0.501 e. The van der Waals surface area contributed by atoms with E-state index in [1.165, 1.54) is 10.7 Å². The van der Waals surface area contributed by atoms with Crippen molar-refractivity contribution in [1.82, 2.24) is 14.6 Å². The minimum absolute atomic E-state index is 0.194. The zero-order valence-electron chi connectivity index (χ0n) is 17.0. The van der Waals surface area contributed by atoms with Crippen molar-refractivity contribution in [3.05, 3.63) is 58.7 Å². The fourth-order valence-electron chi connectivity index (χ4n) is 2.80. The summed E-state index contributed by atoms with van der Waals surface area (Å²) in [5.74, 6) is 0.257. The molecular formula is C21H23ClN4O4. The molecule has 0 aliphatic rings. The first-order chi connectivity index (χ1) is 14.6. The fraction of sp³-hybridized carbons (Fsp3) is 0.286. The Labute approximate surface area is 179 Å². The summed E-state index contributed by atoms with van der Waals surface area (Å²) in [5, 5.41) is 7.86. The first kappa shape index (κ1) is 21.4. The van der Waals surface area contributed by atoms with Crippen molar-refractivity contribution in [3.63, 3.8) is 0 Å². The molecule has 0 spiro atoms. The second-order valence-corrected chi connectivity index (χ2v) is 6.50. The van der Waals surface area contributed by atoms with Gasteiger partial charge in [0.15, 0.2) is 16.5 Å². The lowest BCUT2D eigenvalue weighted by atomic mass is 10.2. The lowest BCUT2D eigenvalue weighted by Crippen LogP contribution is -2.12. The molecule has 1 N–H and O–H groups in total. The van der Waals surface area contributed by atoms with Crippen LogP contribution in [0, 0.1) is 0 Å². The molecule has 30 heavy (non-hydrogen) atoms. The summed E-state index contributed by atoms with van der Waals surface area (Å²) in [6.07, 6.45) is 4.69. The Bertz CT molecular complexity index is 1050. The quantitative estimate of drug-likeness (QED) is 0.402. The van der Waals surface area contributed by atoms with Crippen molar-refractivity contribution in [2.45, 2.75) is 20.4 Å². The summed E-state index contributed by atoms with van der Waals surface area (Å²) >= 11 is 6.44. The van der Waals surface area contributed by atoms with Crippen LogP contribution in [0.1, 0.15) is 35.5 Å². The molecule has 0 aliphatic heterocycles. The number of ether oxygens (including phenoxy) is 3. The number of anilines is 1. The lowest BCUT2D eigenvalue weighted by molar-refractivity contribution is 0.0516. The standard InChI is InChI=1S/C21H23ClN4O4/c1-4-29-11-10-16-18(23-12-14-6-8-15(28-3)9-7-14)20-24-13-17(21(27)30-5-2)26(20)25-19(16)22/h6-11,13,23H,4-5,12H2,1-3H3. The van der Waals surface area contributed by atoms with Crippen molar-refractivity contribution in [2.24, 2.45) is 0 Å². The van der Waals surface area contributed by atoms with Crippen LogP contribution in [0.25, 0.3) is 11.7 Å². The average Bonchev–Trinajstić information content (AvgIpc) is 3.17. The number of benzene rings is 1. The Morgan fingerprint density at radius 2 is 2.00 bits per heavy atom. The SMILES string of the molecule is CCOC=Cc1c(Cl)nn2c(C(=O)OCC)cnc2c1NCc1ccc(OC)cc1. The number of nitrogens with zero attached hydrogens (tertiary/aromatic N) is 3. The Hall–Kier alpha value is -3.26. The first-order valence-electron chi connectivity index (χ1n) is 9.48. The number of esters is 1. The van der Waals surface area contributed by atoms with Gasteiger partial charge in [-0.1, -0.05) is 23.7 Å². The number of carbonyl (C=O) groups is 1. The number of hydrogen-bond donors (Lipinski definition) is 1. The Morgan fingerprint density at radius 3 is 2.67 bits per heavy atom. The molecule has 0 saturated heterocycles. The van der Waals surface area contributed by atoms with Crippen LogP contribution in [0.15, 0.2) is 36.7 Å². The summed E-state index contributed by atoms with van der Waals surface area (Å²) in [6.45, 7) is 4.89. The van der Waals surface area contributed by atoms with Crippen molar-refractivity contribution >= 4 is 35.0 Å². The van der Waals surface area contributed by atoms with Gasteiger partial charge >= 0.3 is 5.97 Å². The van der Waals surface area contributed by atoms with Gasteiger partial charge in [0.2, 0.25) is 0 Å². The van der Waals surface area contributed by atoms with Gasteiger partial charge in [-0.2, -0.15) is 5.10 Å². The number of fused-ring (bicyclic) bond motifs is 1. The van der Waals surface area contributed by atoms with Gasteiger partial charge in [0.25, 0.3) is 0 Å². The van der Waals surface area contributed by atoms with Crippen LogP contribution in [0.2, 0.25) is 5.15 Å². The van der Waals surface area contributed by atoms with Gasteiger partial charge < -0.3 is 19.5 Å². The molecule has 1 aromatic carbocycles. The molecule has 3 rings (SSSR count). The zero-order valence-corrected chi connectivity index (χ0v) is 17.8. The van der Waals surface area contributed by atoms with Gasteiger partial charge in [0.1, 0.15) is 5.75 Å². The maximum atomic E-state index is 12.2. The third-order valence-corrected chi connectivity index (χ3v) is 4.53. The molecule has 0 saturated carbocycles. The van der Waals surface area contributed by atoms with Crippen LogP contribution >= 0.6 is 11.6 Å². The van der Waals surface area contributed by atoms with Crippen LogP contribution in [0.3, 0.4) is 0 Å². The molecule has 2 heterocycles. The third-order valence-electron chi connectivity index (χ3n) is 4.25. The fourth-order valence-corrected chi connectivity index (χ4v) is 3.03.